The molecule has 0 unspecified atom stereocenters. The monoisotopic (exact) mass is 390 g/mol. The normalized spacial score (nSPS) is 9.85. The van der Waals surface area contributed by atoms with E-state index in [0.29, 0.717) is 0 Å². The van der Waals surface area contributed by atoms with Crippen molar-refractivity contribution < 1.29 is 28.2 Å². The molecule has 0 spiro atoms. The van der Waals surface area contributed by atoms with Gasteiger partial charge in [0.1, 0.15) is 5.82 Å². The molecule has 0 atom stereocenters. The maximum Gasteiger partial charge on any atom is 0.341 e. The van der Waals surface area contributed by atoms with Crippen LogP contribution in [0.15, 0.2) is 36.4 Å². The standard InChI is InChI=1S/C18H12ClFN2O5/c1-26-17(24)13-7-11(3-5-14(13)19)22-16(23)9-27-18(25)12-4-2-10(8-21)6-15(12)20/h2-7H,9H2,1H3,(H,22,23). The summed E-state index contributed by atoms with van der Waals surface area (Å²) >= 11 is 5.87. The van der Waals surface area contributed by atoms with Gasteiger partial charge in [-0.15, -0.1) is 0 Å². The molecule has 0 aromatic heterocycles. The van der Waals surface area contributed by atoms with Gasteiger partial charge in [0, 0.05) is 5.69 Å². The summed E-state index contributed by atoms with van der Waals surface area (Å²) in [6, 6.07) is 9.10. The van der Waals surface area contributed by atoms with E-state index in [4.69, 9.17) is 21.6 Å². The van der Waals surface area contributed by atoms with Gasteiger partial charge in [0.25, 0.3) is 5.91 Å². The van der Waals surface area contributed by atoms with E-state index in [1.165, 1.54) is 31.4 Å². The van der Waals surface area contributed by atoms with Gasteiger partial charge in [-0.2, -0.15) is 5.26 Å². The van der Waals surface area contributed by atoms with Crippen LogP contribution in [-0.4, -0.2) is 31.6 Å². The number of ether oxygens (including phenoxy) is 2. The largest absolute Gasteiger partial charge is 0.465 e. The molecule has 0 aliphatic heterocycles. The third kappa shape index (κ3) is 5.03. The highest BCUT2D eigenvalue weighted by atomic mass is 35.5. The minimum Gasteiger partial charge on any atom is -0.465 e. The van der Waals surface area contributed by atoms with Crippen LogP contribution < -0.4 is 5.32 Å². The summed E-state index contributed by atoms with van der Waals surface area (Å²) in [6.45, 7) is -0.686. The highest BCUT2D eigenvalue weighted by Crippen LogP contribution is 2.21. The van der Waals surface area contributed by atoms with Gasteiger partial charge in [0.15, 0.2) is 6.61 Å². The number of anilines is 1. The zero-order chi connectivity index (χ0) is 20.0. The van der Waals surface area contributed by atoms with Crippen molar-refractivity contribution in [1.82, 2.24) is 0 Å². The first-order valence-corrected chi connectivity index (χ1v) is 7.78. The second-order valence-corrected chi connectivity index (χ2v) is 5.52. The quantitative estimate of drug-likeness (QED) is 0.787. The minimum atomic E-state index is -1.06. The smallest absolute Gasteiger partial charge is 0.341 e. The zero-order valence-electron chi connectivity index (χ0n) is 13.9. The van der Waals surface area contributed by atoms with E-state index in [1.807, 2.05) is 0 Å². The van der Waals surface area contributed by atoms with Gasteiger partial charge in [-0.3, -0.25) is 4.79 Å². The Balaban J connectivity index is 1.99. The van der Waals surface area contributed by atoms with Crippen LogP contribution in [0.4, 0.5) is 10.1 Å². The third-order valence-electron chi connectivity index (χ3n) is 3.31. The van der Waals surface area contributed by atoms with Crippen LogP contribution in [0.25, 0.3) is 0 Å². The first kappa shape index (κ1) is 19.9. The van der Waals surface area contributed by atoms with E-state index in [0.717, 1.165) is 12.1 Å². The summed E-state index contributed by atoms with van der Waals surface area (Å²) < 4.78 is 23.1. The van der Waals surface area contributed by atoms with Gasteiger partial charge in [0.05, 0.1) is 34.9 Å². The molecule has 0 radical (unpaired) electrons. The molecule has 7 nitrogen and oxygen atoms in total. The third-order valence-corrected chi connectivity index (χ3v) is 3.64. The van der Waals surface area contributed by atoms with Crippen LogP contribution in [0, 0.1) is 17.1 Å². The lowest BCUT2D eigenvalue weighted by molar-refractivity contribution is -0.119. The van der Waals surface area contributed by atoms with Crippen LogP contribution in [0.1, 0.15) is 26.3 Å². The van der Waals surface area contributed by atoms with E-state index in [-0.39, 0.29) is 21.8 Å². The van der Waals surface area contributed by atoms with Crippen molar-refractivity contribution in [2.75, 3.05) is 19.0 Å². The van der Waals surface area contributed by atoms with E-state index in [9.17, 15) is 18.8 Å². The summed E-state index contributed by atoms with van der Waals surface area (Å²) in [5.74, 6) is -3.38. The molecular formula is C18H12ClFN2O5. The van der Waals surface area contributed by atoms with Crippen LogP contribution in [-0.2, 0) is 14.3 Å². The number of nitrogens with zero attached hydrogens (tertiary/aromatic N) is 1. The van der Waals surface area contributed by atoms with Crippen molar-refractivity contribution in [3.05, 3.63) is 63.9 Å². The number of benzene rings is 2. The van der Waals surface area contributed by atoms with Crippen molar-refractivity contribution in [2.45, 2.75) is 0 Å². The number of carbonyl (C=O) groups is 3. The van der Waals surface area contributed by atoms with Crippen molar-refractivity contribution in [3.63, 3.8) is 0 Å². The second kappa shape index (κ2) is 8.78. The van der Waals surface area contributed by atoms with Gasteiger partial charge in [-0.1, -0.05) is 11.6 Å². The maximum absolute atomic E-state index is 13.7. The number of nitrogens with one attached hydrogen (secondary N) is 1. The molecule has 0 aliphatic rings. The predicted octanol–water partition coefficient (Wildman–Crippen LogP) is 2.93. The molecule has 0 heterocycles. The topological polar surface area (TPSA) is 105 Å². The fourth-order valence-electron chi connectivity index (χ4n) is 2.03. The molecule has 1 N–H and O–H groups in total. The van der Waals surface area contributed by atoms with Gasteiger partial charge >= 0.3 is 11.9 Å². The van der Waals surface area contributed by atoms with Crippen LogP contribution >= 0.6 is 11.6 Å². The Hall–Kier alpha value is -3.44. The number of rotatable bonds is 5. The molecule has 138 valence electrons. The molecule has 9 heteroatoms. The first-order chi connectivity index (χ1) is 12.8. The molecule has 2 aromatic rings. The number of methoxy groups -OCH3 is 1. The molecule has 1 amide bonds. The van der Waals surface area contributed by atoms with Crippen LogP contribution in [0.3, 0.4) is 0 Å². The van der Waals surface area contributed by atoms with E-state index >= 15 is 0 Å². The molecular weight excluding hydrogens is 379 g/mol. The average Bonchev–Trinajstić information content (AvgIpc) is 2.66. The Kier molecular flexibility index (Phi) is 6.46. The molecule has 0 fully saturated rings. The molecule has 0 saturated heterocycles. The van der Waals surface area contributed by atoms with Gasteiger partial charge in [-0.05, 0) is 36.4 Å². The lowest BCUT2D eigenvalue weighted by atomic mass is 10.1. The summed E-state index contributed by atoms with van der Waals surface area (Å²) in [4.78, 5) is 35.3. The lowest BCUT2D eigenvalue weighted by Gasteiger charge is -2.09. The van der Waals surface area contributed by atoms with E-state index in [1.54, 1.807) is 6.07 Å². The fourth-order valence-corrected chi connectivity index (χ4v) is 2.22. The number of carbonyl (C=O) groups excluding carboxylic acids is 3. The molecule has 0 aliphatic carbocycles. The molecule has 0 saturated carbocycles. The summed E-state index contributed by atoms with van der Waals surface area (Å²) in [5, 5.41) is 11.2. The maximum atomic E-state index is 13.7. The highest BCUT2D eigenvalue weighted by Gasteiger charge is 2.16. The number of esters is 2. The molecule has 2 rings (SSSR count). The SMILES string of the molecule is COC(=O)c1cc(NC(=O)COC(=O)c2ccc(C#N)cc2F)ccc1Cl. The Morgan fingerprint density at radius 2 is 1.89 bits per heavy atom. The van der Waals surface area contributed by atoms with Gasteiger partial charge in [-0.25, -0.2) is 14.0 Å². The first-order valence-electron chi connectivity index (χ1n) is 7.40. The second-order valence-electron chi connectivity index (χ2n) is 5.12. The zero-order valence-corrected chi connectivity index (χ0v) is 14.7. The Labute approximate surface area is 158 Å². The van der Waals surface area contributed by atoms with Gasteiger partial charge < -0.3 is 14.8 Å². The Morgan fingerprint density at radius 1 is 1.15 bits per heavy atom. The molecule has 2 aromatic carbocycles. The minimum absolute atomic E-state index is 0.0472. The summed E-state index contributed by atoms with van der Waals surface area (Å²) in [5.41, 5.74) is -0.0776. The summed E-state index contributed by atoms with van der Waals surface area (Å²) in [7, 11) is 1.19. The number of nitriles is 1. The van der Waals surface area contributed by atoms with Gasteiger partial charge in [0.2, 0.25) is 0 Å². The van der Waals surface area contributed by atoms with Crippen LogP contribution in [0.5, 0.6) is 0 Å². The highest BCUT2D eigenvalue weighted by molar-refractivity contribution is 6.33. The number of hydrogen-bond donors (Lipinski definition) is 1. The van der Waals surface area contributed by atoms with Crippen molar-refractivity contribution in [2.24, 2.45) is 0 Å². The molecule has 0 bridgehead atoms. The average molecular weight is 391 g/mol. The lowest BCUT2D eigenvalue weighted by Crippen LogP contribution is -2.21. The van der Waals surface area contributed by atoms with Crippen molar-refractivity contribution in [1.29, 1.82) is 5.26 Å². The molecule has 27 heavy (non-hydrogen) atoms. The Bertz CT molecular complexity index is 955. The van der Waals surface area contributed by atoms with E-state index in [2.05, 4.69) is 10.1 Å². The fraction of sp³-hybridized carbons (Fsp3) is 0.111. The predicted molar refractivity (Wildman–Crippen MR) is 92.8 cm³/mol. The van der Waals surface area contributed by atoms with Crippen LogP contribution in [0.2, 0.25) is 5.02 Å². The number of hydrogen-bond acceptors (Lipinski definition) is 6. The number of halogens is 2. The van der Waals surface area contributed by atoms with Crippen molar-refractivity contribution >= 4 is 35.1 Å². The van der Waals surface area contributed by atoms with Crippen molar-refractivity contribution in [3.8, 4) is 6.07 Å². The Morgan fingerprint density at radius 3 is 2.52 bits per heavy atom. The summed E-state index contributed by atoms with van der Waals surface area (Å²) in [6.07, 6.45) is 0. The van der Waals surface area contributed by atoms with E-state index < -0.39 is 35.8 Å². The number of amides is 1.